The summed E-state index contributed by atoms with van der Waals surface area (Å²) in [6.45, 7) is 13.7. The third-order valence-electron chi connectivity index (χ3n) is 2.67. The Labute approximate surface area is 112 Å². The van der Waals surface area contributed by atoms with Crippen LogP contribution in [0.15, 0.2) is 24.3 Å². The van der Waals surface area contributed by atoms with Crippen molar-refractivity contribution in [1.82, 2.24) is 5.32 Å². The predicted molar refractivity (Wildman–Crippen MR) is 77.9 cm³/mol. The van der Waals surface area contributed by atoms with Gasteiger partial charge in [0.15, 0.2) is 0 Å². The third kappa shape index (κ3) is 5.65. The van der Waals surface area contributed by atoms with Gasteiger partial charge >= 0.3 is 0 Å². The minimum atomic E-state index is 0.114. The van der Waals surface area contributed by atoms with Crippen molar-refractivity contribution in [1.29, 1.82) is 0 Å². The van der Waals surface area contributed by atoms with E-state index in [-0.39, 0.29) is 17.7 Å². The smallest absolute Gasteiger partial charge is 0.0952 e. The van der Waals surface area contributed by atoms with E-state index in [0.717, 1.165) is 6.54 Å². The summed E-state index contributed by atoms with van der Waals surface area (Å²) in [6, 6.07) is 8.56. The molecule has 0 radical (unpaired) electrons. The van der Waals surface area contributed by atoms with E-state index >= 15 is 0 Å². The molecule has 0 aliphatic carbocycles. The van der Waals surface area contributed by atoms with Gasteiger partial charge in [-0.2, -0.15) is 0 Å². The van der Waals surface area contributed by atoms with Crippen LogP contribution in [0.2, 0.25) is 0 Å². The summed E-state index contributed by atoms with van der Waals surface area (Å²) in [7, 11) is 0. The van der Waals surface area contributed by atoms with Gasteiger partial charge in [-0.05, 0) is 47.1 Å². The fourth-order valence-electron chi connectivity index (χ4n) is 1.84. The van der Waals surface area contributed by atoms with E-state index in [1.807, 2.05) is 0 Å². The number of aryl methyl sites for hydroxylation is 1. The Bertz CT molecular complexity index is 366. The zero-order valence-electron chi connectivity index (χ0n) is 12.6. The van der Waals surface area contributed by atoms with E-state index < -0.39 is 0 Å². The first-order chi connectivity index (χ1) is 8.28. The third-order valence-corrected chi connectivity index (χ3v) is 2.67. The van der Waals surface area contributed by atoms with Gasteiger partial charge in [0, 0.05) is 12.1 Å². The van der Waals surface area contributed by atoms with Crippen LogP contribution in [0, 0.1) is 6.92 Å². The lowest BCUT2D eigenvalue weighted by Crippen LogP contribution is -2.39. The molecule has 2 heteroatoms. The van der Waals surface area contributed by atoms with Crippen molar-refractivity contribution in [2.45, 2.75) is 59.3 Å². The van der Waals surface area contributed by atoms with Crippen LogP contribution in [0.3, 0.4) is 0 Å². The van der Waals surface area contributed by atoms with Crippen molar-refractivity contribution < 1.29 is 4.74 Å². The van der Waals surface area contributed by atoms with Crippen LogP contribution in [0.5, 0.6) is 0 Å². The maximum atomic E-state index is 6.02. The number of ether oxygens (including phenoxy) is 1. The van der Waals surface area contributed by atoms with Crippen molar-refractivity contribution in [3.8, 4) is 0 Å². The first kappa shape index (κ1) is 15.2. The van der Waals surface area contributed by atoms with Crippen LogP contribution < -0.4 is 5.32 Å². The van der Waals surface area contributed by atoms with E-state index in [9.17, 15) is 0 Å². The molecule has 0 spiro atoms. The Kier molecular flexibility index (Phi) is 5.36. The summed E-state index contributed by atoms with van der Waals surface area (Å²) in [5.41, 5.74) is 2.64. The number of rotatable bonds is 5. The van der Waals surface area contributed by atoms with Crippen LogP contribution in [-0.4, -0.2) is 18.2 Å². The molecule has 102 valence electrons. The Morgan fingerprint density at radius 3 is 2.39 bits per heavy atom. The highest BCUT2D eigenvalue weighted by Gasteiger charge is 2.17. The van der Waals surface area contributed by atoms with Crippen molar-refractivity contribution in [3.63, 3.8) is 0 Å². The van der Waals surface area contributed by atoms with E-state index in [0.29, 0.717) is 0 Å². The van der Waals surface area contributed by atoms with Gasteiger partial charge in [0.05, 0.1) is 12.2 Å². The van der Waals surface area contributed by atoms with Gasteiger partial charge in [-0.25, -0.2) is 0 Å². The molecule has 0 aliphatic rings. The lowest BCUT2D eigenvalue weighted by atomic mass is 10.0. The molecular weight excluding hydrogens is 222 g/mol. The molecule has 1 N–H and O–H groups in total. The largest absolute Gasteiger partial charge is 0.370 e. The molecule has 1 unspecified atom stereocenters. The van der Waals surface area contributed by atoms with E-state index in [1.165, 1.54) is 11.1 Å². The summed E-state index contributed by atoms with van der Waals surface area (Å²) in [5.74, 6) is 0. The van der Waals surface area contributed by atoms with Crippen molar-refractivity contribution in [3.05, 3.63) is 35.4 Å². The SMILES string of the molecule is Cc1cccc(C(CNC(C)(C)C)OC(C)C)c1. The lowest BCUT2D eigenvalue weighted by Gasteiger charge is -2.27. The minimum absolute atomic E-state index is 0.114. The van der Waals surface area contributed by atoms with E-state index in [2.05, 4.69) is 71.1 Å². The number of nitrogens with one attached hydrogen (secondary N) is 1. The number of benzene rings is 1. The van der Waals surface area contributed by atoms with Crippen LogP contribution in [0.4, 0.5) is 0 Å². The normalized spacial score (nSPS) is 13.9. The number of hydrogen-bond donors (Lipinski definition) is 1. The van der Waals surface area contributed by atoms with Gasteiger partial charge in [-0.3, -0.25) is 0 Å². The molecule has 0 bridgehead atoms. The van der Waals surface area contributed by atoms with Crippen molar-refractivity contribution in [2.75, 3.05) is 6.54 Å². The topological polar surface area (TPSA) is 21.3 Å². The second kappa shape index (κ2) is 6.35. The fourth-order valence-corrected chi connectivity index (χ4v) is 1.84. The molecule has 1 aromatic rings. The van der Waals surface area contributed by atoms with E-state index in [4.69, 9.17) is 4.74 Å². The average Bonchev–Trinajstić information content (AvgIpc) is 2.22. The molecule has 0 heterocycles. The summed E-state index contributed by atoms with van der Waals surface area (Å²) in [6.07, 6.45) is 0.349. The molecular formula is C16H27NO. The van der Waals surface area contributed by atoms with E-state index in [1.54, 1.807) is 0 Å². The quantitative estimate of drug-likeness (QED) is 0.856. The molecule has 0 saturated heterocycles. The zero-order valence-corrected chi connectivity index (χ0v) is 12.6. The molecule has 18 heavy (non-hydrogen) atoms. The molecule has 0 saturated carbocycles. The fraction of sp³-hybridized carbons (Fsp3) is 0.625. The summed E-state index contributed by atoms with van der Waals surface area (Å²) in [4.78, 5) is 0. The van der Waals surface area contributed by atoms with Gasteiger partial charge in [0.1, 0.15) is 0 Å². The highest BCUT2D eigenvalue weighted by Crippen LogP contribution is 2.20. The van der Waals surface area contributed by atoms with Crippen LogP contribution >= 0.6 is 0 Å². The summed E-state index contributed by atoms with van der Waals surface area (Å²) >= 11 is 0. The monoisotopic (exact) mass is 249 g/mol. The minimum Gasteiger partial charge on any atom is -0.370 e. The van der Waals surface area contributed by atoms with Crippen molar-refractivity contribution in [2.24, 2.45) is 0 Å². The highest BCUT2D eigenvalue weighted by molar-refractivity contribution is 5.24. The van der Waals surface area contributed by atoms with Crippen molar-refractivity contribution >= 4 is 0 Å². The molecule has 0 fully saturated rings. The standard InChI is InChI=1S/C16H27NO/c1-12(2)18-15(11-17-16(4,5)6)14-9-7-8-13(3)10-14/h7-10,12,15,17H,11H2,1-6H3. The zero-order chi connectivity index (χ0) is 13.8. The second-order valence-electron chi connectivity index (χ2n) is 6.22. The van der Waals surface area contributed by atoms with Gasteiger partial charge in [-0.15, -0.1) is 0 Å². The molecule has 2 nitrogen and oxygen atoms in total. The van der Waals surface area contributed by atoms with Gasteiger partial charge < -0.3 is 10.1 Å². The van der Waals surface area contributed by atoms with Crippen LogP contribution in [0.1, 0.15) is 51.8 Å². The Morgan fingerprint density at radius 1 is 1.22 bits per heavy atom. The molecule has 0 aliphatic heterocycles. The Hall–Kier alpha value is -0.860. The molecule has 0 amide bonds. The molecule has 1 rings (SSSR count). The summed E-state index contributed by atoms with van der Waals surface area (Å²) in [5, 5.41) is 3.52. The number of hydrogen-bond acceptors (Lipinski definition) is 2. The molecule has 0 aromatic heterocycles. The Morgan fingerprint density at radius 2 is 1.89 bits per heavy atom. The van der Waals surface area contributed by atoms with Gasteiger partial charge in [0.25, 0.3) is 0 Å². The van der Waals surface area contributed by atoms with Crippen LogP contribution in [-0.2, 0) is 4.74 Å². The maximum absolute atomic E-state index is 6.02. The molecule has 1 aromatic carbocycles. The predicted octanol–water partition coefficient (Wildman–Crippen LogP) is 3.85. The first-order valence-electron chi connectivity index (χ1n) is 6.75. The maximum Gasteiger partial charge on any atom is 0.0952 e. The lowest BCUT2D eigenvalue weighted by molar-refractivity contribution is 0.00402. The summed E-state index contributed by atoms with van der Waals surface area (Å²) < 4.78 is 6.02. The molecule has 1 atom stereocenters. The highest BCUT2D eigenvalue weighted by atomic mass is 16.5. The second-order valence-corrected chi connectivity index (χ2v) is 6.22. The van der Waals surface area contributed by atoms with Gasteiger partial charge in [0.2, 0.25) is 0 Å². The first-order valence-corrected chi connectivity index (χ1v) is 6.75. The Balaban J connectivity index is 2.78. The van der Waals surface area contributed by atoms with Gasteiger partial charge in [-0.1, -0.05) is 29.8 Å². The average molecular weight is 249 g/mol. The van der Waals surface area contributed by atoms with Crippen LogP contribution in [0.25, 0.3) is 0 Å².